The largest absolute Gasteiger partial charge is 0.337 e. The molecule has 1 unspecified atom stereocenters. The molecule has 0 bridgehead atoms. The van der Waals surface area contributed by atoms with E-state index in [1.165, 1.54) is 18.2 Å². The van der Waals surface area contributed by atoms with Crippen LogP contribution in [-0.4, -0.2) is 27.3 Å². The van der Waals surface area contributed by atoms with E-state index in [0.29, 0.717) is 25.6 Å². The Bertz CT molecular complexity index is 891. The fraction of sp³-hybridized carbons (Fsp3) is 0.294. The first kappa shape index (κ1) is 22.9. The third-order valence-electron chi connectivity index (χ3n) is 3.68. The lowest BCUT2D eigenvalue weighted by Crippen LogP contribution is -2.29. The first-order chi connectivity index (χ1) is 13.0. The summed E-state index contributed by atoms with van der Waals surface area (Å²) in [6.45, 7) is 3.56. The normalized spacial score (nSPS) is 12.7. The molecule has 0 spiro atoms. The maximum Gasteiger partial charge on any atom is 0.337 e. The first-order valence-corrected chi connectivity index (χ1v) is 11.4. The molecule has 0 saturated heterocycles. The van der Waals surface area contributed by atoms with Crippen LogP contribution in [0.1, 0.15) is 29.9 Å². The highest BCUT2D eigenvalue weighted by molar-refractivity contribution is 7.53. The minimum absolute atomic E-state index is 0.0554. The Balaban J connectivity index is 2.04. The number of carbonyl (C=O) groups is 2. The van der Waals surface area contributed by atoms with E-state index in [4.69, 9.17) is 23.2 Å². The molecule has 2 rings (SSSR count). The maximum atomic E-state index is 12.3. The van der Waals surface area contributed by atoms with Gasteiger partial charge in [-0.25, -0.2) is 0 Å². The Morgan fingerprint density at radius 3 is 2.07 bits per heavy atom. The lowest BCUT2D eigenvalue weighted by Gasteiger charge is -2.19. The van der Waals surface area contributed by atoms with Gasteiger partial charge < -0.3 is 20.4 Å². The van der Waals surface area contributed by atoms with Gasteiger partial charge >= 0.3 is 7.60 Å². The number of carbonyl (C=O) groups excluding carboxylic acids is 2. The van der Waals surface area contributed by atoms with Crippen LogP contribution in [0.2, 0.25) is 9.36 Å². The number of amides is 2. The number of benzene rings is 1. The summed E-state index contributed by atoms with van der Waals surface area (Å²) in [5.41, 5.74) is -0.593. The summed E-state index contributed by atoms with van der Waals surface area (Å²) in [5.74, 6) is -1.18. The number of hydrogen-bond acceptors (Lipinski definition) is 4. The van der Waals surface area contributed by atoms with E-state index in [1.807, 2.05) is 0 Å². The fourth-order valence-electron chi connectivity index (χ4n) is 2.36. The monoisotopic (exact) mass is 464 g/mol. The quantitative estimate of drug-likeness (QED) is 0.437. The summed E-state index contributed by atoms with van der Waals surface area (Å²) < 4.78 is 11.9. The van der Waals surface area contributed by atoms with Crippen molar-refractivity contribution in [2.45, 2.75) is 25.9 Å². The third-order valence-corrected chi connectivity index (χ3v) is 6.80. The van der Waals surface area contributed by atoms with Crippen LogP contribution in [0.4, 0.5) is 11.4 Å². The van der Waals surface area contributed by atoms with Crippen molar-refractivity contribution in [2.75, 3.05) is 10.6 Å². The second-order valence-electron chi connectivity index (χ2n) is 6.49. The molecule has 7 nitrogen and oxygen atoms in total. The van der Waals surface area contributed by atoms with Gasteiger partial charge in [-0.3, -0.25) is 14.2 Å². The van der Waals surface area contributed by atoms with Crippen molar-refractivity contribution in [3.8, 4) is 0 Å². The Labute approximate surface area is 176 Å². The van der Waals surface area contributed by atoms with E-state index in [2.05, 4.69) is 10.6 Å². The number of halogens is 2. The Morgan fingerprint density at radius 1 is 1.11 bits per heavy atom. The van der Waals surface area contributed by atoms with Crippen LogP contribution < -0.4 is 10.6 Å². The fourth-order valence-corrected chi connectivity index (χ4v) is 4.69. The van der Waals surface area contributed by atoms with Gasteiger partial charge in [0.25, 0.3) is 5.91 Å². The number of nitrogens with one attached hydrogen (secondary N) is 2. The van der Waals surface area contributed by atoms with Gasteiger partial charge in [0.05, 0.1) is 9.90 Å². The molecule has 0 aliphatic carbocycles. The van der Waals surface area contributed by atoms with Crippen LogP contribution in [0.3, 0.4) is 0 Å². The molecular weight excluding hydrogens is 446 g/mol. The molecule has 0 saturated carbocycles. The number of rotatable bonds is 7. The minimum Gasteiger partial charge on any atom is -0.325 e. The molecule has 1 aromatic heterocycles. The Morgan fingerprint density at radius 2 is 1.64 bits per heavy atom. The number of thiophene rings is 1. The maximum absolute atomic E-state index is 12.3. The zero-order valence-corrected chi connectivity index (χ0v) is 18.2. The third kappa shape index (κ3) is 6.30. The van der Waals surface area contributed by atoms with Crippen LogP contribution in [0.25, 0.3) is 0 Å². The summed E-state index contributed by atoms with van der Waals surface area (Å²) >= 11 is 12.7. The van der Waals surface area contributed by atoms with E-state index >= 15 is 0 Å². The molecule has 0 aliphatic rings. The SMILES string of the molecule is CC(C)CC(C(=O)Nc1ccc(NC(=O)c2cc(Cl)c(Cl)s2)cc1)P(=O)(O)O. The average molecular weight is 465 g/mol. The van der Waals surface area contributed by atoms with Gasteiger partial charge in [-0.1, -0.05) is 37.0 Å². The number of hydrogen-bond donors (Lipinski definition) is 4. The lowest BCUT2D eigenvalue weighted by atomic mass is 10.1. The predicted octanol–water partition coefficient (Wildman–Crippen LogP) is 4.84. The van der Waals surface area contributed by atoms with Crippen molar-refractivity contribution in [1.82, 2.24) is 0 Å². The molecule has 0 aliphatic heterocycles. The topological polar surface area (TPSA) is 116 Å². The van der Waals surface area contributed by atoms with Crippen molar-refractivity contribution >= 4 is 65.3 Å². The van der Waals surface area contributed by atoms with Crippen molar-refractivity contribution in [2.24, 2.45) is 5.92 Å². The molecule has 0 radical (unpaired) electrons. The zero-order valence-electron chi connectivity index (χ0n) is 15.0. The Kier molecular flexibility index (Phi) is 7.67. The van der Waals surface area contributed by atoms with Gasteiger partial charge in [0, 0.05) is 11.4 Å². The lowest BCUT2D eigenvalue weighted by molar-refractivity contribution is -0.116. The molecule has 4 N–H and O–H groups in total. The summed E-state index contributed by atoms with van der Waals surface area (Å²) in [7, 11) is -4.58. The van der Waals surface area contributed by atoms with Crippen molar-refractivity contribution in [1.29, 1.82) is 0 Å². The molecule has 28 heavy (non-hydrogen) atoms. The van der Waals surface area contributed by atoms with E-state index < -0.39 is 19.2 Å². The van der Waals surface area contributed by atoms with Gasteiger partial charge in [-0.2, -0.15) is 0 Å². The Hall–Kier alpha value is -1.41. The minimum atomic E-state index is -4.58. The highest BCUT2D eigenvalue weighted by atomic mass is 35.5. The highest BCUT2D eigenvalue weighted by Crippen LogP contribution is 2.44. The van der Waals surface area contributed by atoms with Gasteiger partial charge in [0.1, 0.15) is 10.00 Å². The second-order valence-corrected chi connectivity index (χ2v) is 10.4. The van der Waals surface area contributed by atoms with Gasteiger partial charge in [0.2, 0.25) is 5.91 Å². The smallest absolute Gasteiger partial charge is 0.325 e. The summed E-state index contributed by atoms with van der Waals surface area (Å²) in [6.07, 6.45) is 0.0657. The molecule has 0 fully saturated rings. The molecule has 1 atom stereocenters. The van der Waals surface area contributed by atoms with Gasteiger partial charge in [-0.15, -0.1) is 11.3 Å². The van der Waals surface area contributed by atoms with Crippen molar-refractivity contribution in [3.63, 3.8) is 0 Å². The molecule has 2 aromatic rings. The summed E-state index contributed by atoms with van der Waals surface area (Å²) in [5, 5.41) is 5.47. The molecule has 1 aromatic carbocycles. The summed E-state index contributed by atoms with van der Waals surface area (Å²) in [6, 6.07) is 7.62. The average Bonchev–Trinajstić information content (AvgIpc) is 2.92. The zero-order chi connectivity index (χ0) is 21.1. The van der Waals surface area contributed by atoms with Crippen LogP contribution in [0, 0.1) is 5.92 Å². The predicted molar refractivity (Wildman–Crippen MR) is 113 cm³/mol. The van der Waals surface area contributed by atoms with Crippen LogP contribution in [-0.2, 0) is 9.36 Å². The second kappa shape index (κ2) is 9.39. The van der Waals surface area contributed by atoms with Crippen molar-refractivity contribution < 1.29 is 23.9 Å². The standard InChI is InChI=1S/C17H19Cl2N2O5PS/c1-9(2)7-13(27(24,25)26)16(22)20-10-3-5-11(6-4-10)21-17(23)14-8-12(18)15(19)28-14/h3-6,8-9,13H,7H2,1-2H3,(H,20,22)(H,21,23)(H2,24,25,26). The molecule has 2 amide bonds. The molecule has 1 heterocycles. The molecule has 152 valence electrons. The highest BCUT2D eigenvalue weighted by Gasteiger charge is 2.36. The van der Waals surface area contributed by atoms with Crippen LogP contribution in [0.15, 0.2) is 30.3 Å². The molecule has 11 heteroatoms. The van der Waals surface area contributed by atoms with Crippen molar-refractivity contribution in [3.05, 3.63) is 44.6 Å². The molecular formula is C17H19Cl2N2O5PS. The van der Waals surface area contributed by atoms with Crippen LogP contribution >= 0.6 is 42.1 Å². The van der Waals surface area contributed by atoms with Crippen LogP contribution in [0.5, 0.6) is 0 Å². The van der Waals surface area contributed by atoms with E-state index in [9.17, 15) is 23.9 Å². The van der Waals surface area contributed by atoms with E-state index in [-0.39, 0.29) is 18.2 Å². The summed E-state index contributed by atoms with van der Waals surface area (Å²) in [4.78, 5) is 43.7. The van der Waals surface area contributed by atoms with E-state index in [0.717, 1.165) is 11.3 Å². The van der Waals surface area contributed by atoms with Gasteiger partial charge in [-0.05, 0) is 42.7 Å². The number of anilines is 2. The van der Waals surface area contributed by atoms with E-state index in [1.54, 1.807) is 26.0 Å². The first-order valence-electron chi connectivity index (χ1n) is 8.19. The van der Waals surface area contributed by atoms with Gasteiger partial charge in [0.15, 0.2) is 0 Å².